The number of thiophene rings is 1. The quantitative estimate of drug-likeness (QED) is 0.164. The summed E-state index contributed by atoms with van der Waals surface area (Å²) in [4.78, 5) is 5.57. The van der Waals surface area contributed by atoms with E-state index in [9.17, 15) is 0 Å². The molecule has 1 aliphatic carbocycles. The Bertz CT molecular complexity index is 3790. The van der Waals surface area contributed by atoms with Gasteiger partial charge in [-0.05, 0) is 140 Å². The molecular formula is C68H72BN3S. The Kier molecular flexibility index (Phi) is 9.78. The molecule has 3 aliphatic heterocycles. The summed E-state index contributed by atoms with van der Waals surface area (Å²) in [7, 11) is 0. The molecule has 2 unspecified atom stereocenters. The average Bonchev–Trinajstić information content (AvgIpc) is 3.97. The van der Waals surface area contributed by atoms with Crippen LogP contribution in [0.3, 0.4) is 0 Å². The second-order valence-electron chi connectivity index (χ2n) is 27.0. The molecule has 1 fully saturated rings. The molecule has 368 valence electrons. The van der Waals surface area contributed by atoms with Crippen LogP contribution in [0.1, 0.15) is 150 Å². The third kappa shape index (κ3) is 6.62. The van der Waals surface area contributed by atoms with E-state index < -0.39 is 0 Å². The first-order valence-corrected chi connectivity index (χ1v) is 28.1. The molecule has 1 saturated carbocycles. The van der Waals surface area contributed by atoms with Crippen molar-refractivity contribution in [1.29, 1.82) is 0 Å². The van der Waals surface area contributed by atoms with Crippen molar-refractivity contribution in [3.05, 3.63) is 161 Å². The minimum Gasteiger partial charge on any atom is -0.334 e. The Morgan fingerprint density at radius 2 is 1.11 bits per heavy atom. The van der Waals surface area contributed by atoms with E-state index in [1.165, 1.54) is 140 Å². The molecule has 7 aromatic carbocycles. The van der Waals surface area contributed by atoms with E-state index in [4.69, 9.17) is 0 Å². The summed E-state index contributed by atoms with van der Waals surface area (Å²) in [5, 5.41) is 2.71. The highest BCUT2D eigenvalue weighted by atomic mass is 32.1. The van der Waals surface area contributed by atoms with Gasteiger partial charge in [0.2, 0.25) is 0 Å². The van der Waals surface area contributed by atoms with Gasteiger partial charge < -0.3 is 14.4 Å². The summed E-state index contributed by atoms with van der Waals surface area (Å²) in [5.41, 5.74) is 23.8. The highest BCUT2D eigenvalue weighted by molar-refractivity contribution is 7.26. The van der Waals surface area contributed by atoms with Gasteiger partial charge in [0.05, 0.1) is 27.0 Å². The number of hydrogen-bond donors (Lipinski definition) is 0. The van der Waals surface area contributed by atoms with Gasteiger partial charge in [0.1, 0.15) is 0 Å². The predicted octanol–water partition coefficient (Wildman–Crippen LogP) is 17.2. The lowest BCUT2D eigenvalue weighted by Crippen LogP contribution is -2.61. The third-order valence-electron chi connectivity index (χ3n) is 18.3. The Balaban J connectivity index is 1.22. The molecule has 0 saturated heterocycles. The maximum Gasteiger partial charge on any atom is 0.252 e. The number of benzene rings is 7. The number of fused-ring (bicyclic) bond motifs is 12. The van der Waals surface area contributed by atoms with Gasteiger partial charge in [-0.1, -0.05) is 188 Å². The summed E-state index contributed by atoms with van der Waals surface area (Å²) in [5.74, 6) is 0. The van der Waals surface area contributed by atoms with Gasteiger partial charge in [-0.2, -0.15) is 0 Å². The maximum absolute atomic E-state index is 2.85. The van der Waals surface area contributed by atoms with Crippen LogP contribution < -0.4 is 26.2 Å². The summed E-state index contributed by atoms with van der Waals surface area (Å²) < 4.78 is 5.48. The smallest absolute Gasteiger partial charge is 0.252 e. The zero-order valence-corrected chi connectivity index (χ0v) is 46.7. The highest BCUT2D eigenvalue weighted by Crippen LogP contribution is 2.62. The average molecular weight is 974 g/mol. The van der Waals surface area contributed by atoms with Crippen LogP contribution in [0, 0.1) is 0 Å². The first-order chi connectivity index (χ1) is 34.5. The van der Waals surface area contributed by atoms with Crippen molar-refractivity contribution in [2.75, 3.05) is 9.80 Å². The fourth-order valence-corrected chi connectivity index (χ4v) is 15.1. The predicted molar refractivity (Wildman–Crippen MR) is 319 cm³/mol. The van der Waals surface area contributed by atoms with Gasteiger partial charge in [0.25, 0.3) is 6.71 Å². The maximum atomic E-state index is 2.85. The molecule has 2 atom stereocenters. The van der Waals surface area contributed by atoms with Crippen molar-refractivity contribution in [3.63, 3.8) is 0 Å². The van der Waals surface area contributed by atoms with E-state index in [-0.39, 0.29) is 39.3 Å². The molecule has 0 amide bonds. The van der Waals surface area contributed by atoms with Crippen molar-refractivity contribution < 1.29 is 0 Å². The van der Waals surface area contributed by atoms with Gasteiger partial charge in [0, 0.05) is 54.9 Å². The van der Waals surface area contributed by atoms with Crippen LogP contribution in [0.2, 0.25) is 0 Å². The molecule has 5 heterocycles. The van der Waals surface area contributed by atoms with Crippen molar-refractivity contribution in [2.24, 2.45) is 0 Å². The Hall–Kier alpha value is -6.04. The molecule has 0 N–H and O–H groups in total. The van der Waals surface area contributed by atoms with Crippen LogP contribution in [0.25, 0.3) is 48.0 Å². The van der Waals surface area contributed by atoms with Crippen LogP contribution in [0.4, 0.5) is 28.4 Å². The normalized spacial score (nSPS) is 19.5. The van der Waals surface area contributed by atoms with Gasteiger partial charge in [-0.25, -0.2) is 0 Å². The van der Waals surface area contributed by atoms with Crippen molar-refractivity contribution >= 4 is 94.1 Å². The monoisotopic (exact) mass is 974 g/mol. The summed E-state index contributed by atoms with van der Waals surface area (Å²) in [6.45, 7) is 33.7. The van der Waals surface area contributed by atoms with E-state index in [0.29, 0.717) is 0 Å². The molecule has 73 heavy (non-hydrogen) atoms. The van der Waals surface area contributed by atoms with E-state index in [2.05, 4.69) is 245 Å². The second-order valence-corrected chi connectivity index (χ2v) is 28.0. The molecule has 3 nitrogen and oxygen atoms in total. The second kappa shape index (κ2) is 15.3. The first kappa shape index (κ1) is 46.7. The number of aromatic nitrogens is 1. The van der Waals surface area contributed by atoms with Crippen LogP contribution in [-0.2, 0) is 27.1 Å². The molecule has 2 aromatic heterocycles. The lowest BCUT2D eigenvalue weighted by Gasteiger charge is -2.51. The van der Waals surface area contributed by atoms with E-state index in [0.717, 1.165) is 6.42 Å². The van der Waals surface area contributed by atoms with Crippen molar-refractivity contribution in [3.8, 4) is 16.8 Å². The minimum atomic E-state index is -0.143. The van der Waals surface area contributed by atoms with Crippen LogP contribution in [0.5, 0.6) is 0 Å². The van der Waals surface area contributed by atoms with E-state index >= 15 is 0 Å². The van der Waals surface area contributed by atoms with Gasteiger partial charge in [-0.3, -0.25) is 0 Å². The summed E-state index contributed by atoms with van der Waals surface area (Å²) >= 11 is 1.97. The highest BCUT2D eigenvalue weighted by Gasteiger charge is 2.58. The number of rotatable bonds is 3. The van der Waals surface area contributed by atoms with Gasteiger partial charge in [-0.15, -0.1) is 11.3 Å². The summed E-state index contributed by atoms with van der Waals surface area (Å²) in [6.07, 6.45) is 4.79. The SMILES string of the molecule is CC(C)(C)c1ccc(N2c3cc(C(C)(C)C)ccc3B3c4c2cc(N2c5ccc(C(C)(C)C)cc5C5(C)CCCCC25C)cc4-n2c4c3cc(C(C)(C)C)cc4c3sc4ccccc4c32)c(-c2ccccc2)c1. The topological polar surface area (TPSA) is 11.4 Å². The van der Waals surface area contributed by atoms with Gasteiger partial charge in [0.15, 0.2) is 0 Å². The van der Waals surface area contributed by atoms with E-state index in [1.54, 1.807) is 0 Å². The lowest BCUT2D eigenvalue weighted by molar-refractivity contribution is 0.195. The van der Waals surface area contributed by atoms with E-state index in [1.807, 2.05) is 11.3 Å². The van der Waals surface area contributed by atoms with Crippen LogP contribution >= 0.6 is 11.3 Å². The number of hydrogen-bond acceptors (Lipinski definition) is 3. The zero-order valence-electron chi connectivity index (χ0n) is 45.9. The fourth-order valence-electron chi connectivity index (χ4n) is 13.9. The Morgan fingerprint density at radius 1 is 0.493 bits per heavy atom. The molecular weight excluding hydrogens is 902 g/mol. The molecule has 9 aromatic rings. The molecule has 13 rings (SSSR count). The first-order valence-electron chi connectivity index (χ1n) is 27.3. The minimum absolute atomic E-state index is 0.0108. The molecule has 4 aliphatic rings. The standard InChI is InChI=1S/C68H72BN3S/c1-63(2,3)42-27-30-53(48(34-42)41-22-16-15-17-23-41)70-55-38-44(65(7,8)9)26-29-51(55)69-52-37-45(66(10,11)12)35-49-60(52)71(61-47-24-18-19-25-58(47)73-62(49)61)57-40-46(39-56(70)59(57)69)72-54-31-28-43(64(4,5)6)36-50(54)67(13)32-20-21-33-68(67,72)14/h15-19,22-31,34-40H,20-21,32-33H2,1-14H3. The molecule has 0 bridgehead atoms. The van der Waals surface area contributed by atoms with Crippen molar-refractivity contribution in [1.82, 2.24) is 4.57 Å². The third-order valence-corrected chi connectivity index (χ3v) is 19.5. The number of anilines is 5. The molecule has 0 radical (unpaired) electrons. The molecule has 5 heteroatoms. The largest absolute Gasteiger partial charge is 0.334 e. The number of nitrogens with zero attached hydrogens (tertiary/aromatic N) is 3. The van der Waals surface area contributed by atoms with Crippen LogP contribution in [-0.4, -0.2) is 16.8 Å². The Morgan fingerprint density at radius 3 is 1.82 bits per heavy atom. The Labute approximate surface area is 439 Å². The fraction of sp³-hybridized carbons (Fsp3) is 0.353. The zero-order chi connectivity index (χ0) is 51.1. The van der Waals surface area contributed by atoms with Crippen molar-refractivity contribution in [2.45, 2.75) is 155 Å². The molecule has 0 spiro atoms. The van der Waals surface area contributed by atoms with Crippen LogP contribution in [0.15, 0.2) is 133 Å². The van der Waals surface area contributed by atoms with Gasteiger partial charge >= 0.3 is 0 Å². The lowest BCUT2D eigenvalue weighted by atomic mass is 9.33. The summed E-state index contributed by atoms with van der Waals surface area (Å²) in [6, 6.07) is 53.3.